The summed E-state index contributed by atoms with van der Waals surface area (Å²) >= 11 is 5.82. The number of carboxylic acid groups (broad SMARTS) is 2. The molecular formula is C13H9NO6S2-2. The number of aryl methyl sites for hydroxylation is 1. The first-order valence-electron chi connectivity index (χ1n) is 6.04. The summed E-state index contributed by atoms with van der Waals surface area (Å²) in [6.45, 7) is 1.73. The van der Waals surface area contributed by atoms with Crippen LogP contribution >= 0.6 is 24.0 Å². The highest BCUT2D eigenvalue weighted by atomic mass is 32.2. The molecule has 1 aliphatic heterocycles. The van der Waals surface area contributed by atoms with Gasteiger partial charge in [-0.3, -0.25) is 9.69 Å². The standard InChI is InChI=1S/C13H11NO6S2/c1-6-2-3-7(20-6)4-9-11(17)14(13(21)22-9)8(12(18)19)5-10(15)16/h2-4,8H,5H2,1H3,(H,15,16)(H,18,19)/p-2/b9-4+/t8-/m1/s1. The molecule has 0 saturated carbocycles. The average Bonchev–Trinajstić information content (AvgIpc) is 2.92. The Hall–Kier alpha value is -2.13. The van der Waals surface area contributed by atoms with Crippen LogP contribution in [-0.4, -0.2) is 33.1 Å². The third kappa shape index (κ3) is 3.37. The van der Waals surface area contributed by atoms with Gasteiger partial charge in [0.25, 0.3) is 5.91 Å². The van der Waals surface area contributed by atoms with Crippen molar-refractivity contribution in [1.82, 2.24) is 4.90 Å². The van der Waals surface area contributed by atoms with Crippen LogP contribution in [0.2, 0.25) is 0 Å². The number of carboxylic acids is 2. The molecule has 22 heavy (non-hydrogen) atoms. The summed E-state index contributed by atoms with van der Waals surface area (Å²) in [5.41, 5.74) is 0. The van der Waals surface area contributed by atoms with Gasteiger partial charge in [0, 0.05) is 18.5 Å². The Balaban J connectivity index is 2.29. The number of nitrogens with zero attached hydrogens (tertiary/aromatic N) is 1. The number of thiocarbonyl (C=S) groups is 1. The van der Waals surface area contributed by atoms with Crippen LogP contribution in [0.4, 0.5) is 0 Å². The fourth-order valence-electron chi connectivity index (χ4n) is 1.85. The van der Waals surface area contributed by atoms with E-state index in [2.05, 4.69) is 0 Å². The smallest absolute Gasteiger partial charge is 0.266 e. The molecule has 2 heterocycles. The molecule has 7 nitrogen and oxygen atoms in total. The lowest BCUT2D eigenvalue weighted by Crippen LogP contribution is -2.52. The van der Waals surface area contributed by atoms with Crippen molar-refractivity contribution in [2.75, 3.05) is 0 Å². The van der Waals surface area contributed by atoms with Crippen molar-refractivity contribution in [1.29, 1.82) is 0 Å². The maximum atomic E-state index is 12.3. The molecule has 0 spiro atoms. The molecule has 2 rings (SSSR count). The van der Waals surface area contributed by atoms with Crippen molar-refractivity contribution < 1.29 is 29.0 Å². The SMILES string of the molecule is Cc1ccc(/C=C2/SC(=S)N([C@H](CC(=O)[O-])C(=O)[O-])C2=O)o1. The molecule has 9 heteroatoms. The van der Waals surface area contributed by atoms with Crippen LogP contribution < -0.4 is 10.2 Å². The monoisotopic (exact) mass is 339 g/mol. The largest absolute Gasteiger partial charge is 0.550 e. The first-order valence-corrected chi connectivity index (χ1v) is 7.26. The Morgan fingerprint density at radius 1 is 1.45 bits per heavy atom. The van der Waals surface area contributed by atoms with E-state index in [1.54, 1.807) is 19.1 Å². The number of amides is 1. The van der Waals surface area contributed by atoms with Gasteiger partial charge in [-0.05, 0) is 19.1 Å². The number of carbonyl (C=O) groups excluding carboxylic acids is 3. The zero-order chi connectivity index (χ0) is 16.4. The van der Waals surface area contributed by atoms with Gasteiger partial charge >= 0.3 is 0 Å². The summed E-state index contributed by atoms with van der Waals surface area (Å²) in [5, 5.41) is 21.7. The Labute approximate surface area is 134 Å². The minimum atomic E-state index is -1.71. The molecule has 1 aromatic rings. The molecule has 1 amide bonds. The number of hydrogen-bond acceptors (Lipinski definition) is 8. The van der Waals surface area contributed by atoms with Crippen molar-refractivity contribution in [3.8, 4) is 0 Å². The predicted octanol–water partition coefficient (Wildman–Crippen LogP) is -0.952. The summed E-state index contributed by atoms with van der Waals surface area (Å²) in [6, 6.07) is 1.63. The summed E-state index contributed by atoms with van der Waals surface area (Å²) in [6.07, 6.45) is 0.513. The third-order valence-corrected chi connectivity index (χ3v) is 4.13. The highest BCUT2D eigenvalue weighted by molar-refractivity contribution is 8.26. The van der Waals surface area contributed by atoms with Gasteiger partial charge in [-0.1, -0.05) is 24.0 Å². The maximum absolute atomic E-state index is 12.3. The second-order valence-corrected chi connectivity index (χ2v) is 6.09. The molecule has 116 valence electrons. The Kier molecular flexibility index (Phi) is 4.67. The Morgan fingerprint density at radius 3 is 2.64 bits per heavy atom. The Bertz CT molecular complexity index is 692. The quantitative estimate of drug-likeness (QED) is 0.498. The summed E-state index contributed by atoms with van der Waals surface area (Å²) in [5.74, 6) is -2.99. The molecule has 1 aromatic heterocycles. The topological polar surface area (TPSA) is 114 Å². The van der Waals surface area contributed by atoms with Gasteiger partial charge in [-0.15, -0.1) is 0 Å². The van der Waals surface area contributed by atoms with Gasteiger partial charge in [0.1, 0.15) is 15.8 Å². The van der Waals surface area contributed by atoms with E-state index < -0.39 is 30.3 Å². The van der Waals surface area contributed by atoms with Crippen molar-refractivity contribution in [2.24, 2.45) is 0 Å². The van der Waals surface area contributed by atoms with Gasteiger partial charge in [0.2, 0.25) is 0 Å². The van der Waals surface area contributed by atoms with E-state index >= 15 is 0 Å². The minimum Gasteiger partial charge on any atom is -0.550 e. The first kappa shape index (κ1) is 16.2. The minimum absolute atomic E-state index is 0.0602. The molecule has 0 bridgehead atoms. The molecule has 0 unspecified atom stereocenters. The van der Waals surface area contributed by atoms with Crippen molar-refractivity contribution >= 4 is 52.2 Å². The summed E-state index contributed by atoms with van der Waals surface area (Å²) < 4.78 is 5.24. The van der Waals surface area contributed by atoms with Crippen molar-refractivity contribution in [2.45, 2.75) is 19.4 Å². The van der Waals surface area contributed by atoms with Gasteiger partial charge in [-0.2, -0.15) is 0 Å². The fraction of sp³-hybridized carbons (Fsp3) is 0.231. The van der Waals surface area contributed by atoms with Crippen LogP contribution in [0, 0.1) is 6.92 Å². The van der Waals surface area contributed by atoms with Gasteiger partial charge in [0.15, 0.2) is 0 Å². The lowest BCUT2D eigenvalue weighted by atomic mass is 10.2. The molecule has 0 aromatic carbocycles. The van der Waals surface area contributed by atoms with Gasteiger partial charge in [0.05, 0.1) is 16.9 Å². The summed E-state index contributed by atoms with van der Waals surface area (Å²) in [7, 11) is 0. The molecule has 0 aliphatic carbocycles. The number of rotatable bonds is 5. The van der Waals surface area contributed by atoms with Gasteiger partial charge < -0.3 is 24.2 Å². The first-order chi connectivity index (χ1) is 10.3. The zero-order valence-corrected chi connectivity index (χ0v) is 12.9. The van der Waals surface area contributed by atoms with E-state index in [0.717, 1.165) is 11.8 Å². The zero-order valence-electron chi connectivity index (χ0n) is 11.2. The Morgan fingerprint density at radius 2 is 2.14 bits per heavy atom. The van der Waals surface area contributed by atoms with E-state index in [4.69, 9.17) is 16.6 Å². The number of carbonyl (C=O) groups is 3. The molecule has 0 radical (unpaired) electrons. The number of aliphatic carboxylic acids is 2. The molecule has 0 N–H and O–H groups in total. The van der Waals surface area contributed by atoms with Crippen LogP contribution in [0.5, 0.6) is 0 Å². The van der Waals surface area contributed by atoms with Crippen molar-refractivity contribution in [3.05, 3.63) is 28.6 Å². The second kappa shape index (κ2) is 6.32. The maximum Gasteiger partial charge on any atom is 0.266 e. The molecule has 1 fully saturated rings. The normalized spacial score (nSPS) is 18.0. The van der Waals surface area contributed by atoms with E-state index in [1.807, 2.05) is 0 Å². The van der Waals surface area contributed by atoms with E-state index in [0.29, 0.717) is 16.4 Å². The van der Waals surface area contributed by atoms with Crippen LogP contribution in [0.1, 0.15) is 17.9 Å². The second-order valence-electron chi connectivity index (χ2n) is 4.41. The number of thioether (sulfide) groups is 1. The van der Waals surface area contributed by atoms with Gasteiger partial charge in [-0.25, -0.2) is 0 Å². The predicted molar refractivity (Wildman–Crippen MR) is 76.9 cm³/mol. The highest BCUT2D eigenvalue weighted by Gasteiger charge is 2.38. The molecular weight excluding hydrogens is 330 g/mol. The summed E-state index contributed by atoms with van der Waals surface area (Å²) in [4.78, 5) is 34.8. The lowest BCUT2D eigenvalue weighted by molar-refractivity contribution is -0.319. The van der Waals surface area contributed by atoms with Crippen LogP contribution in [0.25, 0.3) is 6.08 Å². The highest BCUT2D eigenvalue weighted by Crippen LogP contribution is 2.34. The van der Waals surface area contributed by atoms with E-state index in [-0.39, 0.29) is 9.23 Å². The molecule has 1 aliphatic rings. The van der Waals surface area contributed by atoms with E-state index in [1.165, 1.54) is 6.08 Å². The molecule has 1 saturated heterocycles. The van der Waals surface area contributed by atoms with Crippen molar-refractivity contribution in [3.63, 3.8) is 0 Å². The number of furan rings is 1. The number of hydrogen-bond donors (Lipinski definition) is 0. The molecule has 1 atom stereocenters. The third-order valence-electron chi connectivity index (χ3n) is 2.80. The average molecular weight is 339 g/mol. The fourth-order valence-corrected chi connectivity index (χ4v) is 3.18. The van der Waals surface area contributed by atoms with E-state index in [9.17, 15) is 24.6 Å². The van der Waals surface area contributed by atoms with Crippen LogP contribution in [-0.2, 0) is 14.4 Å². The van der Waals surface area contributed by atoms with Crippen LogP contribution in [0.15, 0.2) is 21.5 Å². The van der Waals surface area contributed by atoms with Crippen LogP contribution in [0.3, 0.4) is 0 Å². The lowest BCUT2D eigenvalue weighted by Gasteiger charge is -2.27.